The van der Waals surface area contributed by atoms with Gasteiger partial charge >= 0.3 is 5.97 Å². The van der Waals surface area contributed by atoms with Crippen molar-refractivity contribution in [1.29, 1.82) is 0 Å². The highest BCUT2D eigenvalue weighted by molar-refractivity contribution is 9.10. The van der Waals surface area contributed by atoms with Gasteiger partial charge in [0.1, 0.15) is 18.2 Å². The van der Waals surface area contributed by atoms with Crippen LogP contribution in [-0.2, 0) is 22.6 Å². The number of hydrogen-bond donors (Lipinski definition) is 0. The molecule has 0 spiro atoms. The zero-order chi connectivity index (χ0) is 17.6. The van der Waals surface area contributed by atoms with Gasteiger partial charge in [0.2, 0.25) is 0 Å². The minimum Gasteiger partial charge on any atom is -0.489 e. The lowest BCUT2D eigenvalue weighted by Gasteiger charge is -2.11. The van der Waals surface area contributed by atoms with Crippen molar-refractivity contribution in [2.45, 2.75) is 25.9 Å². The summed E-state index contributed by atoms with van der Waals surface area (Å²) in [6.45, 7) is 2.45. The van der Waals surface area contributed by atoms with Crippen molar-refractivity contribution in [3.63, 3.8) is 0 Å². The van der Waals surface area contributed by atoms with Crippen molar-refractivity contribution >= 4 is 21.9 Å². The molecule has 0 aromatic heterocycles. The molecule has 25 heavy (non-hydrogen) atoms. The lowest BCUT2D eigenvalue weighted by molar-refractivity contribution is -0.145. The van der Waals surface area contributed by atoms with Crippen LogP contribution in [0.2, 0.25) is 0 Å². The Morgan fingerprint density at radius 3 is 2.92 bits per heavy atom. The lowest BCUT2D eigenvalue weighted by Crippen LogP contribution is -2.11. The van der Waals surface area contributed by atoms with Crippen LogP contribution in [0, 0.1) is 17.7 Å². The number of fused-ring (bicyclic) bond motifs is 3. The third-order valence-corrected chi connectivity index (χ3v) is 5.55. The zero-order valence-corrected chi connectivity index (χ0v) is 15.4. The van der Waals surface area contributed by atoms with Gasteiger partial charge in [-0.25, -0.2) is 4.39 Å². The van der Waals surface area contributed by atoms with E-state index in [4.69, 9.17) is 9.47 Å². The summed E-state index contributed by atoms with van der Waals surface area (Å²) in [5.74, 6) is 1.07. The van der Waals surface area contributed by atoms with E-state index in [1.165, 1.54) is 17.2 Å². The monoisotopic (exact) mass is 404 g/mol. The van der Waals surface area contributed by atoms with Gasteiger partial charge in [0.15, 0.2) is 0 Å². The Balaban J connectivity index is 1.44. The van der Waals surface area contributed by atoms with Gasteiger partial charge in [-0.2, -0.15) is 0 Å². The maximum atomic E-state index is 13.8. The Kier molecular flexibility index (Phi) is 4.28. The summed E-state index contributed by atoms with van der Waals surface area (Å²) in [6.07, 6.45) is 0.881. The topological polar surface area (TPSA) is 35.5 Å². The fourth-order valence-corrected chi connectivity index (χ4v) is 4.26. The van der Waals surface area contributed by atoms with Crippen LogP contribution in [0.15, 0.2) is 40.9 Å². The number of esters is 1. The number of carbonyl (C=O) groups is 1. The standard InChI is InChI=1S/C20H18BrFO3/c1-2-24-20(23)19-16-9-11-8-14(4-5-15(11)18(16)19)25-10-12-7-13(21)3-6-17(12)22/h3-8,16,18-19H,2,9-10H2,1H3/t16-,18+,19+/m1/s1. The molecule has 0 radical (unpaired) electrons. The number of carbonyl (C=O) groups excluding carboxylic acids is 1. The molecule has 2 aromatic rings. The quantitative estimate of drug-likeness (QED) is 0.682. The molecule has 0 aliphatic heterocycles. The Morgan fingerprint density at radius 1 is 1.28 bits per heavy atom. The molecule has 3 atom stereocenters. The predicted octanol–water partition coefficient (Wildman–Crippen LogP) is 4.62. The second-order valence-corrected chi connectivity index (χ2v) is 7.47. The van der Waals surface area contributed by atoms with Crippen molar-refractivity contribution in [2.24, 2.45) is 11.8 Å². The first kappa shape index (κ1) is 16.6. The average Bonchev–Trinajstić information content (AvgIpc) is 3.18. The molecule has 2 aliphatic rings. The van der Waals surface area contributed by atoms with Gasteiger partial charge in [-0.05, 0) is 60.7 Å². The normalized spacial score (nSPS) is 22.9. The first-order valence-corrected chi connectivity index (χ1v) is 9.24. The number of rotatable bonds is 5. The highest BCUT2D eigenvalue weighted by Crippen LogP contribution is 2.62. The minimum atomic E-state index is -0.275. The van der Waals surface area contributed by atoms with Crippen molar-refractivity contribution in [3.05, 3.63) is 63.4 Å². The van der Waals surface area contributed by atoms with E-state index in [-0.39, 0.29) is 24.3 Å². The molecule has 2 aliphatic carbocycles. The van der Waals surface area contributed by atoms with Crippen LogP contribution in [0.3, 0.4) is 0 Å². The SMILES string of the molecule is CCOC(=O)[C@H]1[C@@H]2Cc3cc(OCc4cc(Br)ccc4F)ccc3[C@@H]21. The van der Waals surface area contributed by atoms with Crippen molar-refractivity contribution in [3.8, 4) is 5.75 Å². The average molecular weight is 405 g/mol. The van der Waals surface area contributed by atoms with E-state index in [2.05, 4.69) is 15.9 Å². The summed E-state index contributed by atoms with van der Waals surface area (Å²) in [4.78, 5) is 11.9. The highest BCUT2D eigenvalue weighted by Gasteiger charge is 2.60. The fourth-order valence-electron chi connectivity index (χ4n) is 3.85. The summed E-state index contributed by atoms with van der Waals surface area (Å²) in [7, 11) is 0. The van der Waals surface area contributed by atoms with Crippen LogP contribution in [0.1, 0.15) is 29.5 Å². The van der Waals surface area contributed by atoms with Crippen LogP contribution < -0.4 is 4.74 Å². The van der Waals surface area contributed by atoms with E-state index in [1.807, 2.05) is 25.1 Å². The molecule has 1 fully saturated rings. The van der Waals surface area contributed by atoms with E-state index >= 15 is 0 Å². The summed E-state index contributed by atoms with van der Waals surface area (Å²) in [6, 6.07) is 10.8. The molecule has 0 saturated heterocycles. The van der Waals surface area contributed by atoms with Crippen molar-refractivity contribution in [1.82, 2.24) is 0 Å². The lowest BCUT2D eigenvalue weighted by atomic mass is 10.0. The van der Waals surface area contributed by atoms with Crippen molar-refractivity contribution in [2.75, 3.05) is 6.61 Å². The third-order valence-electron chi connectivity index (χ3n) is 5.06. The van der Waals surface area contributed by atoms with Crippen LogP contribution in [0.5, 0.6) is 5.75 Å². The summed E-state index contributed by atoms with van der Waals surface area (Å²) in [5.41, 5.74) is 2.96. The zero-order valence-electron chi connectivity index (χ0n) is 13.8. The van der Waals surface area contributed by atoms with Gasteiger partial charge < -0.3 is 9.47 Å². The maximum absolute atomic E-state index is 13.8. The van der Waals surface area contributed by atoms with Gasteiger partial charge in [-0.3, -0.25) is 4.79 Å². The Bertz CT molecular complexity index is 836. The van der Waals surface area contributed by atoms with E-state index in [0.717, 1.165) is 16.6 Å². The molecule has 0 heterocycles. The van der Waals surface area contributed by atoms with Crippen LogP contribution in [0.4, 0.5) is 4.39 Å². The number of hydrogen-bond acceptors (Lipinski definition) is 3. The van der Waals surface area contributed by atoms with E-state index in [9.17, 15) is 9.18 Å². The van der Waals surface area contributed by atoms with Gasteiger partial charge in [0.25, 0.3) is 0 Å². The maximum Gasteiger partial charge on any atom is 0.309 e. The van der Waals surface area contributed by atoms with Crippen LogP contribution in [-0.4, -0.2) is 12.6 Å². The van der Waals surface area contributed by atoms with Crippen LogP contribution >= 0.6 is 15.9 Å². The van der Waals surface area contributed by atoms with E-state index < -0.39 is 0 Å². The molecule has 0 N–H and O–H groups in total. The Morgan fingerprint density at radius 2 is 2.12 bits per heavy atom. The van der Waals surface area contributed by atoms with Gasteiger partial charge in [0.05, 0.1) is 12.5 Å². The molecule has 5 heteroatoms. The molecule has 1 saturated carbocycles. The summed E-state index contributed by atoms with van der Waals surface area (Å²) >= 11 is 3.34. The summed E-state index contributed by atoms with van der Waals surface area (Å²) in [5, 5.41) is 0. The first-order valence-electron chi connectivity index (χ1n) is 8.44. The molecular weight excluding hydrogens is 387 g/mol. The second kappa shape index (κ2) is 6.45. The molecule has 3 nitrogen and oxygen atoms in total. The second-order valence-electron chi connectivity index (χ2n) is 6.56. The summed E-state index contributed by atoms with van der Waals surface area (Å²) < 4.78 is 25.5. The predicted molar refractivity (Wildman–Crippen MR) is 94.9 cm³/mol. The molecule has 0 amide bonds. The third kappa shape index (κ3) is 3.06. The number of halogens is 2. The Labute approximate surface area is 154 Å². The largest absolute Gasteiger partial charge is 0.489 e. The molecule has 4 rings (SSSR count). The van der Waals surface area contributed by atoms with Gasteiger partial charge in [-0.1, -0.05) is 22.0 Å². The first-order chi connectivity index (χ1) is 12.1. The smallest absolute Gasteiger partial charge is 0.309 e. The van der Waals surface area contributed by atoms with E-state index in [1.54, 1.807) is 12.1 Å². The molecule has 130 valence electrons. The highest BCUT2D eigenvalue weighted by atomic mass is 79.9. The molecular formula is C20H18BrFO3. The number of benzene rings is 2. The molecule has 2 aromatic carbocycles. The van der Waals surface area contributed by atoms with Gasteiger partial charge in [0, 0.05) is 16.0 Å². The van der Waals surface area contributed by atoms with Crippen LogP contribution in [0.25, 0.3) is 0 Å². The Hall–Kier alpha value is -1.88. The van der Waals surface area contributed by atoms with E-state index in [0.29, 0.717) is 24.0 Å². The van der Waals surface area contributed by atoms with Gasteiger partial charge in [-0.15, -0.1) is 0 Å². The number of ether oxygens (including phenoxy) is 2. The fraction of sp³-hybridized carbons (Fsp3) is 0.350. The minimum absolute atomic E-state index is 0.0231. The molecule has 0 bridgehead atoms. The van der Waals surface area contributed by atoms with Crippen molar-refractivity contribution < 1.29 is 18.7 Å². The molecule has 0 unspecified atom stereocenters.